The third-order valence-corrected chi connectivity index (χ3v) is 4.56. The van der Waals surface area contributed by atoms with Gasteiger partial charge in [0.15, 0.2) is 5.17 Å². The number of nitrogens with zero attached hydrogens (tertiary/aromatic N) is 1. The molecule has 1 saturated heterocycles. The van der Waals surface area contributed by atoms with Crippen LogP contribution >= 0.6 is 23.4 Å². The summed E-state index contributed by atoms with van der Waals surface area (Å²) in [4.78, 5) is 13.8. The van der Waals surface area contributed by atoms with Crippen LogP contribution in [0.2, 0.25) is 5.02 Å². The zero-order valence-electron chi connectivity index (χ0n) is 12.5. The number of amides is 1. The number of benzene rings is 2. The Hall–Kier alpha value is -2.25. The fraction of sp³-hybridized carbons (Fsp3) is 0.0588. The summed E-state index contributed by atoms with van der Waals surface area (Å²) in [6.45, 7) is 0. The molecule has 1 fully saturated rings. The number of amidine groups is 1. The summed E-state index contributed by atoms with van der Waals surface area (Å²) >= 11 is 6.70. The Morgan fingerprint density at radius 2 is 1.80 bits per heavy atom. The third kappa shape index (κ3) is 3.72. The summed E-state index contributed by atoms with van der Waals surface area (Å²) in [5.74, 6) is -0.538. The maximum atomic E-state index is 12.9. The van der Waals surface area contributed by atoms with Gasteiger partial charge in [-0.25, -0.2) is 0 Å². The number of hydrogen-bond acceptors (Lipinski definition) is 3. The minimum absolute atomic E-state index is 0.0110. The number of anilines is 1. The van der Waals surface area contributed by atoms with Gasteiger partial charge < -0.3 is 0 Å². The van der Waals surface area contributed by atoms with Gasteiger partial charge in [-0.1, -0.05) is 29.8 Å². The van der Waals surface area contributed by atoms with E-state index >= 15 is 0 Å². The molecular weight excluding hydrogens is 373 g/mol. The molecule has 0 atom stereocenters. The van der Waals surface area contributed by atoms with Gasteiger partial charge in [0.1, 0.15) is 0 Å². The van der Waals surface area contributed by atoms with Crippen LogP contribution in [0.5, 0.6) is 0 Å². The van der Waals surface area contributed by atoms with Crippen LogP contribution in [0.1, 0.15) is 11.1 Å². The third-order valence-electron chi connectivity index (χ3n) is 3.42. The molecule has 1 aliphatic rings. The molecule has 128 valence electrons. The van der Waals surface area contributed by atoms with E-state index in [0.717, 1.165) is 28.8 Å². The molecule has 8 heteroatoms. The van der Waals surface area contributed by atoms with Gasteiger partial charge in [-0.05, 0) is 53.7 Å². The van der Waals surface area contributed by atoms with Gasteiger partial charge in [0.25, 0.3) is 5.91 Å². The number of nitrogens with one attached hydrogen (secondary N) is 1. The molecule has 2 aromatic rings. The predicted octanol–water partition coefficient (Wildman–Crippen LogP) is 5.41. The molecule has 0 unspecified atom stereocenters. The van der Waals surface area contributed by atoms with Crippen molar-refractivity contribution >= 4 is 46.2 Å². The first kappa shape index (κ1) is 17.6. The molecule has 1 heterocycles. The lowest BCUT2D eigenvalue weighted by atomic mass is 10.1. The minimum Gasteiger partial charge on any atom is -0.278 e. The van der Waals surface area contributed by atoms with Crippen LogP contribution in [0.3, 0.4) is 0 Å². The summed E-state index contributed by atoms with van der Waals surface area (Å²) in [5.41, 5.74) is -0.151. The predicted molar refractivity (Wildman–Crippen MR) is 93.7 cm³/mol. The molecule has 3 nitrogen and oxygen atoms in total. The van der Waals surface area contributed by atoms with Crippen molar-refractivity contribution < 1.29 is 18.0 Å². The molecule has 0 aliphatic carbocycles. The van der Waals surface area contributed by atoms with Crippen molar-refractivity contribution in [1.82, 2.24) is 0 Å². The van der Waals surface area contributed by atoms with E-state index in [0.29, 0.717) is 10.6 Å². The SMILES string of the molecule is N=C1S/C(=C\c2ccc(Cl)cc2)C(=O)N1c1cccc(C(F)(F)F)c1. The molecular formula is C17H10ClF3N2OS. The molecule has 25 heavy (non-hydrogen) atoms. The first-order chi connectivity index (χ1) is 11.8. The monoisotopic (exact) mass is 382 g/mol. The molecule has 0 spiro atoms. The van der Waals surface area contributed by atoms with Gasteiger partial charge in [0, 0.05) is 5.02 Å². The number of hydrogen-bond donors (Lipinski definition) is 1. The van der Waals surface area contributed by atoms with Gasteiger partial charge in [-0.3, -0.25) is 15.1 Å². The van der Waals surface area contributed by atoms with Gasteiger partial charge in [-0.2, -0.15) is 13.2 Å². The summed E-state index contributed by atoms with van der Waals surface area (Å²) in [5, 5.41) is 8.35. The Kier molecular flexibility index (Phi) is 4.62. The first-order valence-electron chi connectivity index (χ1n) is 7.01. The summed E-state index contributed by atoms with van der Waals surface area (Å²) in [6, 6.07) is 11.1. The lowest BCUT2D eigenvalue weighted by Crippen LogP contribution is -2.28. The molecule has 2 aromatic carbocycles. The van der Waals surface area contributed by atoms with Crippen LogP contribution in [-0.2, 0) is 11.0 Å². The van der Waals surface area contributed by atoms with E-state index in [1.54, 1.807) is 30.3 Å². The van der Waals surface area contributed by atoms with Crippen LogP contribution in [0.15, 0.2) is 53.4 Å². The van der Waals surface area contributed by atoms with Crippen LogP contribution < -0.4 is 4.90 Å². The van der Waals surface area contributed by atoms with E-state index in [-0.39, 0.29) is 15.8 Å². The second kappa shape index (κ2) is 6.57. The first-order valence-corrected chi connectivity index (χ1v) is 8.20. The van der Waals surface area contributed by atoms with Crippen molar-refractivity contribution in [3.8, 4) is 0 Å². The molecule has 0 aromatic heterocycles. The quantitative estimate of drug-likeness (QED) is 0.705. The van der Waals surface area contributed by atoms with Crippen molar-refractivity contribution in [2.75, 3.05) is 4.90 Å². The van der Waals surface area contributed by atoms with Crippen molar-refractivity contribution in [3.63, 3.8) is 0 Å². The fourth-order valence-corrected chi connectivity index (χ4v) is 3.24. The fourth-order valence-electron chi connectivity index (χ4n) is 2.25. The molecule has 1 N–H and O–H groups in total. The van der Waals surface area contributed by atoms with E-state index in [2.05, 4.69) is 0 Å². The van der Waals surface area contributed by atoms with E-state index in [9.17, 15) is 18.0 Å². The Balaban J connectivity index is 1.93. The van der Waals surface area contributed by atoms with Crippen LogP contribution in [0, 0.1) is 5.41 Å². The average Bonchev–Trinajstić information content (AvgIpc) is 2.83. The Morgan fingerprint density at radius 3 is 2.44 bits per heavy atom. The normalized spacial score (nSPS) is 16.8. The summed E-state index contributed by atoms with van der Waals surface area (Å²) in [7, 11) is 0. The van der Waals surface area contributed by atoms with Crippen molar-refractivity contribution in [3.05, 3.63) is 69.6 Å². The lowest BCUT2D eigenvalue weighted by molar-refractivity contribution is -0.137. The van der Waals surface area contributed by atoms with E-state index in [1.807, 2.05) is 0 Å². The summed E-state index contributed by atoms with van der Waals surface area (Å²) < 4.78 is 38.6. The lowest BCUT2D eigenvalue weighted by Gasteiger charge is -2.16. The topological polar surface area (TPSA) is 44.2 Å². The maximum Gasteiger partial charge on any atom is 0.416 e. The number of thioether (sulfide) groups is 1. The smallest absolute Gasteiger partial charge is 0.278 e. The Bertz CT molecular complexity index is 878. The van der Waals surface area contributed by atoms with E-state index < -0.39 is 17.6 Å². The van der Waals surface area contributed by atoms with Crippen molar-refractivity contribution in [2.24, 2.45) is 0 Å². The molecule has 0 bridgehead atoms. The molecule has 1 aliphatic heterocycles. The largest absolute Gasteiger partial charge is 0.416 e. The Morgan fingerprint density at radius 1 is 1.12 bits per heavy atom. The number of carbonyl (C=O) groups excluding carboxylic acids is 1. The molecule has 0 radical (unpaired) electrons. The highest BCUT2D eigenvalue weighted by atomic mass is 35.5. The average molecular weight is 383 g/mol. The number of halogens is 4. The number of alkyl halides is 3. The van der Waals surface area contributed by atoms with Crippen LogP contribution in [0.4, 0.5) is 18.9 Å². The van der Waals surface area contributed by atoms with E-state index in [1.165, 1.54) is 12.1 Å². The molecule has 1 amide bonds. The Labute approximate surface area is 150 Å². The zero-order chi connectivity index (χ0) is 18.2. The van der Waals surface area contributed by atoms with Crippen LogP contribution in [0.25, 0.3) is 6.08 Å². The minimum atomic E-state index is -4.52. The highest BCUT2D eigenvalue weighted by Crippen LogP contribution is 2.37. The second-order valence-corrected chi connectivity index (χ2v) is 6.62. The van der Waals surface area contributed by atoms with Gasteiger partial charge in [-0.15, -0.1) is 0 Å². The summed E-state index contributed by atoms with van der Waals surface area (Å²) in [6.07, 6.45) is -2.94. The maximum absolute atomic E-state index is 12.9. The molecule has 0 saturated carbocycles. The van der Waals surface area contributed by atoms with Crippen LogP contribution in [-0.4, -0.2) is 11.1 Å². The standard InChI is InChI=1S/C17H10ClF3N2OS/c18-12-6-4-10(5-7-12)8-14-15(24)23(16(22)25-14)13-3-1-2-11(9-13)17(19,20)21/h1-9,22H/b14-8-,22-16?. The highest BCUT2D eigenvalue weighted by Gasteiger charge is 2.36. The van der Waals surface area contributed by atoms with Crippen molar-refractivity contribution in [2.45, 2.75) is 6.18 Å². The highest BCUT2D eigenvalue weighted by molar-refractivity contribution is 8.19. The number of rotatable bonds is 2. The van der Waals surface area contributed by atoms with Gasteiger partial charge in [0.2, 0.25) is 0 Å². The van der Waals surface area contributed by atoms with Crippen molar-refractivity contribution in [1.29, 1.82) is 5.41 Å². The zero-order valence-corrected chi connectivity index (χ0v) is 14.0. The van der Waals surface area contributed by atoms with Gasteiger partial charge in [0.05, 0.1) is 16.2 Å². The van der Waals surface area contributed by atoms with E-state index in [4.69, 9.17) is 17.0 Å². The second-order valence-electron chi connectivity index (χ2n) is 5.16. The van der Waals surface area contributed by atoms with Gasteiger partial charge >= 0.3 is 6.18 Å². The molecule has 3 rings (SSSR count). The number of carbonyl (C=O) groups is 1.